The van der Waals surface area contributed by atoms with E-state index in [1.807, 2.05) is 23.5 Å². The molecule has 184 valence electrons. The zero-order valence-electron chi connectivity index (χ0n) is 20.9. The predicted molar refractivity (Wildman–Crippen MR) is 166 cm³/mol. The van der Waals surface area contributed by atoms with Crippen LogP contribution in [-0.2, 0) is 0 Å². The van der Waals surface area contributed by atoms with Gasteiger partial charge in [-0.25, -0.2) is 4.39 Å². The molecule has 0 saturated heterocycles. The van der Waals surface area contributed by atoms with E-state index in [1.54, 1.807) is 0 Å². The van der Waals surface area contributed by atoms with Gasteiger partial charge in [0.05, 0.1) is 5.69 Å². The van der Waals surface area contributed by atoms with Crippen molar-refractivity contribution in [2.24, 2.45) is 0 Å². The maximum Gasteiger partial charge on any atom is 0.123 e. The summed E-state index contributed by atoms with van der Waals surface area (Å²) < 4.78 is 16.6. The second kappa shape index (κ2) is 8.65. The lowest BCUT2D eigenvalue weighted by atomic mass is 9.97. The largest absolute Gasteiger partial charge is 0.310 e. The summed E-state index contributed by atoms with van der Waals surface area (Å²) in [5.41, 5.74) is 3.03. The first-order valence-corrected chi connectivity index (χ1v) is 13.9. The van der Waals surface area contributed by atoms with Crippen molar-refractivity contribution in [2.75, 3.05) is 4.90 Å². The van der Waals surface area contributed by atoms with Crippen LogP contribution >= 0.6 is 11.3 Å². The summed E-state index contributed by atoms with van der Waals surface area (Å²) in [5, 5.41) is 9.97. The lowest BCUT2D eigenvalue weighted by Crippen LogP contribution is -2.10. The predicted octanol–water partition coefficient (Wildman–Crippen LogP) is 11.1. The van der Waals surface area contributed by atoms with Gasteiger partial charge in [0.1, 0.15) is 5.82 Å². The highest BCUT2D eigenvalue weighted by Gasteiger charge is 2.19. The summed E-state index contributed by atoms with van der Waals surface area (Å²) in [7, 11) is 0. The van der Waals surface area contributed by atoms with Gasteiger partial charge < -0.3 is 4.90 Å². The van der Waals surface area contributed by atoms with E-state index in [1.165, 1.54) is 59.2 Å². The number of fused-ring (bicyclic) bond motifs is 9. The Bertz CT molecular complexity index is 2190. The molecule has 3 heteroatoms. The van der Waals surface area contributed by atoms with Crippen molar-refractivity contribution in [1.29, 1.82) is 0 Å². The van der Waals surface area contributed by atoms with Crippen LogP contribution in [0.5, 0.6) is 0 Å². The Hall–Kier alpha value is -4.73. The van der Waals surface area contributed by atoms with Crippen molar-refractivity contribution < 1.29 is 4.39 Å². The molecular formula is C36H22FNS. The summed E-state index contributed by atoms with van der Waals surface area (Å²) in [5.74, 6) is -0.241. The molecule has 0 atom stereocenters. The first-order valence-electron chi connectivity index (χ1n) is 13.1. The van der Waals surface area contributed by atoms with Crippen LogP contribution in [0.25, 0.3) is 52.5 Å². The van der Waals surface area contributed by atoms with Crippen LogP contribution in [0, 0.1) is 5.82 Å². The van der Waals surface area contributed by atoms with Crippen LogP contribution in [0.3, 0.4) is 0 Å². The molecule has 0 aliphatic rings. The quantitative estimate of drug-likeness (QED) is 0.210. The Labute approximate surface area is 229 Å². The molecule has 0 fully saturated rings. The number of halogens is 1. The summed E-state index contributed by atoms with van der Waals surface area (Å²) in [4.78, 5) is 2.24. The minimum atomic E-state index is -0.241. The van der Waals surface area contributed by atoms with E-state index in [0.717, 1.165) is 22.4 Å². The van der Waals surface area contributed by atoms with Gasteiger partial charge in [-0.15, -0.1) is 11.3 Å². The van der Waals surface area contributed by atoms with Gasteiger partial charge in [-0.3, -0.25) is 0 Å². The standard InChI is InChI=1S/C36H22FNS/c37-24-16-18-25(19-17-24)38(33-15-7-9-23-8-1-2-10-27(23)33)26-20-21-34-32(22-26)35-30-13-5-3-11-28(30)29-12-4-6-14-31(29)36(35)39-34/h1-22H. The van der Waals surface area contributed by atoms with Crippen molar-refractivity contribution >= 4 is 80.9 Å². The third-order valence-corrected chi connectivity index (χ3v) is 8.88. The highest BCUT2D eigenvalue weighted by Crippen LogP contribution is 2.46. The molecule has 0 bridgehead atoms. The Morgan fingerprint density at radius 2 is 1.10 bits per heavy atom. The van der Waals surface area contributed by atoms with E-state index < -0.39 is 0 Å². The number of thiophene rings is 1. The molecule has 1 heterocycles. The molecule has 0 aliphatic carbocycles. The van der Waals surface area contributed by atoms with Crippen LogP contribution in [0.2, 0.25) is 0 Å². The number of rotatable bonds is 3. The fourth-order valence-corrected chi connectivity index (χ4v) is 7.19. The molecule has 0 aliphatic heterocycles. The molecule has 1 aromatic heterocycles. The summed E-state index contributed by atoms with van der Waals surface area (Å²) in [6, 6.07) is 45.7. The van der Waals surface area contributed by atoms with Crippen molar-refractivity contribution in [2.45, 2.75) is 0 Å². The third-order valence-electron chi connectivity index (χ3n) is 7.68. The molecule has 0 N–H and O–H groups in total. The Balaban J connectivity index is 1.46. The van der Waals surface area contributed by atoms with Gasteiger partial charge in [-0.05, 0) is 70.1 Å². The maximum atomic E-state index is 14.0. The Kier molecular flexibility index (Phi) is 4.94. The highest BCUT2D eigenvalue weighted by molar-refractivity contribution is 7.27. The molecule has 0 amide bonds. The van der Waals surface area contributed by atoms with Gasteiger partial charge in [0.2, 0.25) is 0 Å². The van der Waals surface area contributed by atoms with Gasteiger partial charge in [0.25, 0.3) is 0 Å². The second-order valence-corrected chi connectivity index (χ2v) is 10.9. The zero-order chi connectivity index (χ0) is 25.9. The minimum Gasteiger partial charge on any atom is -0.310 e. The monoisotopic (exact) mass is 519 g/mol. The van der Waals surface area contributed by atoms with E-state index in [0.29, 0.717) is 0 Å². The Morgan fingerprint density at radius 1 is 0.487 bits per heavy atom. The van der Waals surface area contributed by atoms with Crippen LogP contribution < -0.4 is 4.90 Å². The lowest BCUT2D eigenvalue weighted by molar-refractivity contribution is 0.628. The van der Waals surface area contributed by atoms with E-state index >= 15 is 0 Å². The van der Waals surface area contributed by atoms with Crippen LogP contribution in [0.4, 0.5) is 21.5 Å². The van der Waals surface area contributed by atoms with Gasteiger partial charge in [-0.1, -0.05) is 84.9 Å². The molecule has 39 heavy (non-hydrogen) atoms. The highest BCUT2D eigenvalue weighted by atomic mass is 32.1. The zero-order valence-corrected chi connectivity index (χ0v) is 21.8. The Morgan fingerprint density at radius 3 is 1.90 bits per heavy atom. The molecular weight excluding hydrogens is 497 g/mol. The molecule has 7 aromatic carbocycles. The van der Waals surface area contributed by atoms with Gasteiger partial charge in [0.15, 0.2) is 0 Å². The van der Waals surface area contributed by atoms with Crippen LogP contribution in [0.1, 0.15) is 0 Å². The number of benzene rings is 7. The van der Waals surface area contributed by atoms with E-state index in [9.17, 15) is 4.39 Å². The lowest BCUT2D eigenvalue weighted by Gasteiger charge is -2.27. The normalized spacial score (nSPS) is 11.7. The van der Waals surface area contributed by atoms with Crippen molar-refractivity contribution in [1.82, 2.24) is 0 Å². The molecule has 1 nitrogen and oxygen atoms in total. The van der Waals surface area contributed by atoms with Gasteiger partial charge in [-0.2, -0.15) is 0 Å². The smallest absolute Gasteiger partial charge is 0.123 e. The maximum absolute atomic E-state index is 14.0. The molecule has 0 radical (unpaired) electrons. The second-order valence-electron chi connectivity index (χ2n) is 9.89. The first kappa shape index (κ1) is 22.3. The fourth-order valence-electron chi connectivity index (χ4n) is 5.95. The van der Waals surface area contributed by atoms with Crippen molar-refractivity contribution in [3.63, 3.8) is 0 Å². The van der Waals surface area contributed by atoms with E-state index in [2.05, 4.69) is 114 Å². The number of nitrogens with zero attached hydrogens (tertiary/aromatic N) is 1. The molecule has 8 aromatic rings. The minimum absolute atomic E-state index is 0.241. The van der Waals surface area contributed by atoms with E-state index in [-0.39, 0.29) is 5.82 Å². The molecule has 8 rings (SSSR count). The molecule has 0 spiro atoms. The average Bonchev–Trinajstić information content (AvgIpc) is 3.38. The molecule has 0 saturated carbocycles. The van der Waals surface area contributed by atoms with Crippen molar-refractivity contribution in [3.05, 3.63) is 139 Å². The van der Waals surface area contributed by atoms with Crippen LogP contribution in [0.15, 0.2) is 133 Å². The van der Waals surface area contributed by atoms with Crippen molar-refractivity contribution in [3.8, 4) is 0 Å². The summed E-state index contributed by atoms with van der Waals surface area (Å²) >= 11 is 1.85. The third kappa shape index (κ3) is 3.44. The number of anilines is 3. The van der Waals surface area contributed by atoms with Crippen LogP contribution in [-0.4, -0.2) is 0 Å². The average molecular weight is 520 g/mol. The first-order chi connectivity index (χ1) is 19.3. The fraction of sp³-hybridized carbons (Fsp3) is 0. The SMILES string of the molecule is Fc1ccc(N(c2ccc3sc4c5ccccc5c5ccccc5c4c3c2)c2cccc3ccccc23)cc1. The summed E-state index contributed by atoms with van der Waals surface area (Å²) in [6.07, 6.45) is 0. The van der Waals surface area contributed by atoms with E-state index in [4.69, 9.17) is 0 Å². The molecule has 0 unspecified atom stereocenters. The number of hydrogen-bond donors (Lipinski definition) is 0. The van der Waals surface area contributed by atoms with Gasteiger partial charge in [0, 0.05) is 42.3 Å². The topological polar surface area (TPSA) is 3.24 Å². The number of hydrogen-bond acceptors (Lipinski definition) is 2. The summed E-state index contributed by atoms with van der Waals surface area (Å²) in [6.45, 7) is 0. The van der Waals surface area contributed by atoms with Gasteiger partial charge >= 0.3 is 0 Å².